The van der Waals surface area contributed by atoms with Crippen molar-refractivity contribution in [3.05, 3.63) is 59.7 Å². The average Bonchev–Trinajstić information content (AvgIpc) is 3.16. The van der Waals surface area contributed by atoms with Gasteiger partial charge in [-0.05, 0) is 28.2 Å². The quantitative estimate of drug-likeness (QED) is 0.560. The van der Waals surface area contributed by atoms with Gasteiger partial charge in [-0.2, -0.15) is 0 Å². The zero-order valence-electron chi connectivity index (χ0n) is 20.1. The summed E-state index contributed by atoms with van der Waals surface area (Å²) in [7, 11) is 0. The molecule has 0 saturated carbocycles. The number of hydrogen-bond acceptors (Lipinski definition) is 5. The molecule has 1 aliphatic heterocycles. The number of carboxylic acid groups (broad SMARTS) is 1. The first-order chi connectivity index (χ1) is 16.7. The van der Waals surface area contributed by atoms with Crippen molar-refractivity contribution in [2.45, 2.75) is 50.7 Å². The predicted molar refractivity (Wildman–Crippen MR) is 130 cm³/mol. The number of aliphatic carboxylic acids is 1. The highest BCUT2D eigenvalue weighted by atomic mass is 16.5. The van der Waals surface area contributed by atoms with Crippen LogP contribution in [0.5, 0.6) is 0 Å². The summed E-state index contributed by atoms with van der Waals surface area (Å²) in [5, 5.41) is 22.1. The normalized spacial score (nSPS) is 17.4. The van der Waals surface area contributed by atoms with E-state index < -0.39 is 23.7 Å². The fourth-order valence-corrected chi connectivity index (χ4v) is 4.90. The molecule has 186 valence electrons. The van der Waals surface area contributed by atoms with Gasteiger partial charge in [0.15, 0.2) is 5.60 Å². The summed E-state index contributed by atoms with van der Waals surface area (Å²) in [5.41, 5.74) is 2.78. The van der Waals surface area contributed by atoms with Gasteiger partial charge < -0.3 is 25.2 Å². The summed E-state index contributed by atoms with van der Waals surface area (Å²) in [5.74, 6) is -1.51. The summed E-state index contributed by atoms with van der Waals surface area (Å²) < 4.78 is 5.63. The minimum atomic E-state index is -1.78. The molecule has 0 radical (unpaired) electrons. The molecule has 2 aromatic carbocycles. The fraction of sp³-hybridized carbons (Fsp3) is 0.444. The molecule has 0 bridgehead atoms. The number of alkyl carbamates (subject to hydrolysis) is 1. The minimum absolute atomic E-state index is 0.0137. The van der Waals surface area contributed by atoms with Gasteiger partial charge in [0.2, 0.25) is 5.91 Å². The summed E-state index contributed by atoms with van der Waals surface area (Å²) >= 11 is 0. The predicted octanol–water partition coefficient (Wildman–Crippen LogP) is 3.38. The third kappa shape index (κ3) is 5.17. The van der Waals surface area contributed by atoms with E-state index in [1.807, 2.05) is 38.1 Å². The molecular weight excluding hydrogens is 448 g/mol. The second-order valence-corrected chi connectivity index (χ2v) is 9.74. The number of ether oxygens (including phenoxy) is 1. The lowest BCUT2D eigenvalue weighted by molar-refractivity contribution is -0.165. The van der Waals surface area contributed by atoms with E-state index in [2.05, 4.69) is 29.6 Å². The van der Waals surface area contributed by atoms with Crippen molar-refractivity contribution >= 4 is 18.0 Å². The van der Waals surface area contributed by atoms with Crippen molar-refractivity contribution in [2.75, 3.05) is 19.7 Å². The third-order valence-corrected chi connectivity index (χ3v) is 7.19. The zero-order chi connectivity index (χ0) is 25.2. The maximum absolute atomic E-state index is 12.8. The average molecular weight is 481 g/mol. The van der Waals surface area contributed by atoms with Crippen LogP contribution in [0.25, 0.3) is 11.1 Å². The van der Waals surface area contributed by atoms with Crippen LogP contribution in [0.2, 0.25) is 0 Å². The molecule has 2 aliphatic rings. The van der Waals surface area contributed by atoms with E-state index in [4.69, 9.17) is 9.84 Å². The Bertz CT molecular complexity index is 1060. The van der Waals surface area contributed by atoms with Crippen LogP contribution in [0.1, 0.15) is 50.2 Å². The molecule has 4 rings (SSSR count). The monoisotopic (exact) mass is 480 g/mol. The van der Waals surface area contributed by atoms with E-state index in [0.29, 0.717) is 0 Å². The molecule has 35 heavy (non-hydrogen) atoms. The van der Waals surface area contributed by atoms with Crippen LogP contribution < -0.4 is 5.32 Å². The molecule has 2 aromatic rings. The van der Waals surface area contributed by atoms with Crippen molar-refractivity contribution < 1.29 is 29.3 Å². The lowest BCUT2D eigenvalue weighted by atomic mass is 9.91. The third-order valence-electron chi connectivity index (χ3n) is 7.19. The second-order valence-electron chi connectivity index (χ2n) is 9.74. The zero-order valence-corrected chi connectivity index (χ0v) is 20.1. The van der Waals surface area contributed by atoms with Crippen LogP contribution in [0.3, 0.4) is 0 Å². The summed E-state index contributed by atoms with van der Waals surface area (Å²) in [6.45, 7) is 4.36. The first-order valence-corrected chi connectivity index (χ1v) is 12.0. The summed E-state index contributed by atoms with van der Waals surface area (Å²) in [6, 6.07) is 15.8. The van der Waals surface area contributed by atoms with Gasteiger partial charge >= 0.3 is 12.1 Å². The van der Waals surface area contributed by atoms with E-state index in [0.717, 1.165) is 22.3 Å². The van der Waals surface area contributed by atoms with Gasteiger partial charge in [-0.1, -0.05) is 62.4 Å². The van der Waals surface area contributed by atoms with Crippen LogP contribution in [-0.2, 0) is 14.3 Å². The molecule has 2 amide bonds. The maximum atomic E-state index is 12.8. The lowest BCUT2D eigenvalue weighted by Gasteiger charge is -2.36. The SMILES string of the molecule is CC(C)C(CC(=O)N1CCC(O)(C(=O)O)CC1)NC(=O)OCC1c2ccccc2-c2ccccc21. The summed E-state index contributed by atoms with van der Waals surface area (Å²) in [6.07, 6.45) is -0.523. The number of likely N-dealkylation sites (tertiary alicyclic amines) is 1. The number of benzene rings is 2. The Hall–Kier alpha value is -3.39. The van der Waals surface area contributed by atoms with Gasteiger partial charge in [0, 0.05) is 44.3 Å². The number of nitrogens with one attached hydrogen (secondary N) is 1. The second kappa shape index (κ2) is 10.1. The minimum Gasteiger partial charge on any atom is -0.479 e. The van der Waals surface area contributed by atoms with E-state index >= 15 is 0 Å². The number of nitrogens with zero attached hydrogens (tertiary/aromatic N) is 1. The standard InChI is InChI=1S/C27H32N2O6/c1-17(2)23(15-24(30)29-13-11-27(34,12-14-29)25(31)32)28-26(33)35-16-22-20-9-5-3-7-18(20)19-8-4-6-10-21(19)22/h3-10,17,22-23,34H,11-16H2,1-2H3,(H,28,33)(H,31,32). The van der Waals surface area contributed by atoms with Crippen molar-refractivity contribution in [1.29, 1.82) is 0 Å². The van der Waals surface area contributed by atoms with Gasteiger partial charge in [-0.25, -0.2) is 9.59 Å². The number of hydrogen-bond donors (Lipinski definition) is 3. The number of fused-ring (bicyclic) bond motifs is 3. The molecule has 8 heteroatoms. The van der Waals surface area contributed by atoms with Crippen LogP contribution in [-0.4, -0.2) is 64.4 Å². The Labute approximate surface area is 204 Å². The highest BCUT2D eigenvalue weighted by Gasteiger charge is 2.40. The first-order valence-electron chi connectivity index (χ1n) is 12.0. The van der Waals surface area contributed by atoms with Crippen LogP contribution in [0.4, 0.5) is 4.79 Å². The molecule has 0 aromatic heterocycles. The van der Waals surface area contributed by atoms with Crippen LogP contribution in [0.15, 0.2) is 48.5 Å². The topological polar surface area (TPSA) is 116 Å². The van der Waals surface area contributed by atoms with Gasteiger partial charge in [0.25, 0.3) is 0 Å². The lowest BCUT2D eigenvalue weighted by Crippen LogP contribution is -2.52. The highest BCUT2D eigenvalue weighted by molar-refractivity contribution is 5.81. The van der Waals surface area contributed by atoms with Crippen molar-refractivity contribution in [1.82, 2.24) is 10.2 Å². The summed E-state index contributed by atoms with van der Waals surface area (Å²) in [4.78, 5) is 38.3. The molecule has 1 fully saturated rings. The molecule has 1 atom stereocenters. The fourth-order valence-electron chi connectivity index (χ4n) is 4.90. The van der Waals surface area contributed by atoms with E-state index in [1.54, 1.807) is 4.90 Å². The van der Waals surface area contributed by atoms with E-state index in [-0.39, 0.29) is 56.7 Å². The van der Waals surface area contributed by atoms with Crippen molar-refractivity contribution in [3.63, 3.8) is 0 Å². The molecule has 1 aliphatic carbocycles. The number of piperidine rings is 1. The number of carboxylic acids is 1. The molecule has 1 heterocycles. The van der Waals surface area contributed by atoms with E-state index in [1.165, 1.54) is 0 Å². The molecule has 1 saturated heterocycles. The Kier molecular flexibility index (Phi) is 7.12. The van der Waals surface area contributed by atoms with Crippen LogP contribution >= 0.6 is 0 Å². The van der Waals surface area contributed by atoms with Gasteiger partial charge in [0.1, 0.15) is 6.61 Å². The number of amides is 2. The number of aliphatic hydroxyl groups is 1. The van der Waals surface area contributed by atoms with Gasteiger partial charge in [-0.3, -0.25) is 4.79 Å². The largest absolute Gasteiger partial charge is 0.479 e. The van der Waals surface area contributed by atoms with Gasteiger partial charge in [-0.15, -0.1) is 0 Å². The van der Waals surface area contributed by atoms with Crippen molar-refractivity contribution in [2.24, 2.45) is 5.92 Å². The Morgan fingerprint density at radius 2 is 1.57 bits per heavy atom. The Morgan fingerprint density at radius 3 is 2.09 bits per heavy atom. The molecule has 1 unspecified atom stereocenters. The molecule has 8 nitrogen and oxygen atoms in total. The number of carbonyl (C=O) groups is 3. The maximum Gasteiger partial charge on any atom is 0.407 e. The highest BCUT2D eigenvalue weighted by Crippen LogP contribution is 2.44. The molecule has 3 N–H and O–H groups in total. The van der Waals surface area contributed by atoms with E-state index in [9.17, 15) is 19.5 Å². The first kappa shape index (κ1) is 24.7. The van der Waals surface area contributed by atoms with Gasteiger partial charge in [0.05, 0.1) is 0 Å². The molecular formula is C27H32N2O6. The number of carbonyl (C=O) groups excluding carboxylic acids is 2. The Balaban J connectivity index is 1.34. The molecule has 0 spiro atoms. The Morgan fingerprint density at radius 1 is 1.03 bits per heavy atom. The van der Waals surface area contributed by atoms with Crippen LogP contribution in [0, 0.1) is 5.92 Å². The smallest absolute Gasteiger partial charge is 0.407 e. The van der Waals surface area contributed by atoms with Crippen molar-refractivity contribution in [3.8, 4) is 11.1 Å². The number of rotatable bonds is 7.